The molecule has 2 aromatic carbocycles. The predicted molar refractivity (Wildman–Crippen MR) is 121 cm³/mol. The molecule has 0 atom stereocenters. The molecular weight excluding hydrogens is 408 g/mol. The van der Waals surface area contributed by atoms with Crippen molar-refractivity contribution in [1.29, 1.82) is 0 Å². The highest BCUT2D eigenvalue weighted by Crippen LogP contribution is 2.17. The van der Waals surface area contributed by atoms with Gasteiger partial charge in [0.25, 0.3) is 0 Å². The Bertz CT molecular complexity index is 759. The third kappa shape index (κ3) is 7.31. The Balaban J connectivity index is 1.18. The summed E-state index contributed by atoms with van der Waals surface area (Å²) < 4.78 is 21.4. The van der Waals surface area contributed by atoms with E-state index < -0.39 is 6.16 Å². The molecule has 4 rings (SSSR count). The molecule has 7 nitrogen and oxygen atoms in total. The molecule has 0 amide bonds. The average Bonchev–Trinajstić information content (AvgIpc) is 2.84. The Hall–Kier alpha value is -2.45. The number of rotatable bonds is 8. The fourth-order valence-electron chi connectivity index (χ4n) is 3.89. The summed E-state index contributed by atoms with van der Waals surface area (Å²) >= 11 is 0. The van der Waals surface area contributed by atoms with Crippen LogP contribution in [0.1, 0.15) is 11.1 Å². The lowest BCUT2D eigenvalue weighted by molar-refractivity contribution is 0.0384. The molecule has 32 heavy (non-hydrogen) atoms. The number of benzene rings is 2. The lowest BCUT2D eigenvalue weighted by Crippen LogP contribution is -2.37. The van der Waals surface area contributed by atoms with Gasteiger partial charge in [-0.2, -0.15) is 0 Å². The Morgan fingerprint density at radius 1 is 0.656 bits per heavy atom. The Morgan fingerprint density at radius 3 is 1.41 bits per heavy atom. The number of nitrogens with zero attached hydrogens (tertiary/aromatic N) is 2. The molecule has 0 bridgehead atoms. The van der Waals surface area contributed by atoms with E-state index in [2.05, 4.69) is 9.80 Å². The zero-order chi connectivity index (χ0) is 22.0. The van der Waals surface area contributed by atoms with Gasteiger partial charge in [-0.05, 0) is 48.2 Å². The first-order valence-electron chi connectivity index (χ1n) is 11.4. The number of hydrogen-bond donors (Lipinski definition) is 0. The molecule has 2 aromatic rings. The topological polar surface area (TPSA) is 60.5 Å². The van der Waals surface area contributed by atoms with Crippen LogP contribution in [0.3, 0.4) is 0 Å². The van der Waals surface area contributed by atoms with Gasteiger partial charge < -0.3 is 18.9 Å². The molecule has 0 saturated carbocycles. The molecular formula is C25H32N2O5. The SMILES string of the molecule is O=C(Oc1ccc(CCN2CCOCC2)cc1)Oc1ccc(CCN2CCOCC2)cc1. The van der Waals surface area contributed by atoms with Crippen LogP contribution in [-0.4, -0.2) is 81.7 Å². The maximum Gasteiger partial charge on any atom is 0.519 e. The second-order valence-corrected chi connectivity index (χ2v) is 8.15. The van der Waals surface area contributed by atoms with Crippen molar-refractivity contribution in [3.05, 3.63) is 59.7 Å². The van der Waals surface area contributed by atoms with E-state index in [0.717, 1.165) is 78.5 Å². The molecule has 0 spiro atoms. The van der Waals surface area contributed by atoms with E-state index in [-0.39, 0.29) is 0 Å². The molecule has 0 aliphatic carbocycles. The third-order valence-corrected chi connectivity index (χ3v) is 5.89. The maximum atomic E-state index is 12.1. The smallest absolute Gasteiger partial charge is 0.395 e. The monoisotopic (exact) mass is 440 g/mol. The number of carbonyl (C=O) groups excluding carboxylic acids is 1. The Labute approximate surface area is 189 Å². The molecule has 2 heterocycles. The van der Waals surface area contributed by atoms with Gasteiger partial charge in [-0.1, -0.05) is 24.3 Å². The fraction of sp³-hybridized carbons (Fsp3) is 0.480. The predicted octanol–water partition coefficient (Wildman–Crippen LogP) is 3.01. The van der Waals surface area contributed by atoms with Crippen molar-refractivity contribution >= 4 is 6.16 Å². The summed E-state index contributed by atoms with van der Waals surface area (Å²) in [7, 11) is 0. The average molecular weight is 441 g/mol. The number of hydrogen-bond acceptors (Lipinski definition) is 7. The number of ether oxygens (including phenoxy) is 4. The van der Waals surface area contributed by atoms with Crippen LogP contribution in [0.4, 0.5) is 4.79 Å². The van der Waals surface area contributed by atoms with Crippen molar-refractivity contribution in [2.24, 2.45) is 0 Å². The first-order valence-corrected chi connectivity index (χ1v) is 11.4. The van der Waals surface area contributed by atoms with E-state index in [9.17, 15) is 4.79 Å². The quantitative estimate of drug-likeness (QED) is 0.462. The largest absolute Gasteiger partial charge is 0.519 e. The summed E-state index contributed by atoms with van der Waals surface area (Å²) in [6, 6.07) is 15.2. The zero-order valence-corrected chi connectivity index (χ0v) is 18.5. The van der Waals surface area contributed by atoms with Crippen LogP contribution in [0.2, 0.25) is 0 Å². The van der Waals surface area contributed by atoms with Crippen LogP contribution in [-0.2, 0) is 22.3 Å². The molecule has 2 aliphatic heterocycles. The molecule has 0 radical (unpaired) electrons. The van der Waals surface area contributed by atoms with Gasteiger partial charge in [-0.15, -0.1) is 0 Å². The lowest BCUT2D eigenvalue weighted by atomic mass is 10.1. The standard InChI is InChI=1S/C25H32N2O5/c28-25(31-23-5-1-21(2-6-23)9-11-26-13-17-29-18-14-26)32-24-7-3-22(4-8-24)10-12-27-15-19-30-20-16-27/h1-8H,9-20H2. The van der Waals surface area contributed by atoms with E-state index in [0.29, 0.717) is 11.5 Å². The molecule has 2 saturated heterocycles. The third-order valence-electron chi connectivity index (χ3n) is 5.89. The summed E-state index contributed by atoms with van der Waals surface area (Å²) in [6.45, 7) is 9.21. The molecule has 2 fully saturated rings. The molecule has 0 unspecified atom stereocenters. The maximum absolute atomic E-state index is 12.1. The van der Waals surface area contributed by atoms with Gasteiger partial charge in [0.15, 0.2) is 0 Å². The molecule has 0 aromatic heterocycles. The summed E-state index contributed by atoms with van der Waals surface area (Å²) in [4.78, 5) is 16.9. The highest BCUT2D eigenvalue weighted by atomic mass is 16.7. The van der Waals surface area contributed by atoms with E-state index in [1.807, 2.05) is 48.5 Å². The van der Waals surface area contributed by atoms with Crippen molar-refractivity contribution in [2.45, 2.75) is 12.8 Å². The summed E-state index contributed by atoms with van der Waals surface area (Å²) in [6.07, 6.45) is 1.19. The normalized spacial score (nSPS) is 17.8. The van der Waals surface area contributed by atoms with Crippen molar-refractivity contribution in [1.82, 2.24) is 9.80 Å². The summed E-state index contributed by atoms with van der Waals surface area (Å²) in [5, 5.41) is 0. The summed E-state index contributed by atoms with van der Waals surface area (Å²) in [5.41, 5.74) is 2.43. The Kier molecular flexibility index (Phi) is 8.50. The van der Waals surface area contributed by atoms with Crippen LogP contribution in [0.5, 0.6) is 11.5 Å². The number of carbonyl (C=O) groups is 1. The molecule has 2 aliphatic rings. The first-order chi connectivity index (χ1) is 15.7. The molecule has 172 valence electrons. The van der Waals surface area contributed by atoms with Gasteiger partial charge in [0.2, 0.25) is 0 Å². The van der Waals surface area contributed by atoms with Gasteiger partial charge in [0, 0.05) is 39.3 Å². The van der Waals surface area contributed by atoms with Gasteiger partial charge in [-0.25, -0.2) is 4.79 Å². The van der Waals surface area contributed by atoms with Crippen molar-refractivity contribution in [3.8, 4) is 11.5 Å². The molecule has 7 heteroatoms. The highest BCUT2D eigenvalue weighted by Gasteiger charge is 2.12. The van der Waals surface area contributed by atoms with E-state index in [1.54, 1.807) is 0 Å². The van der Waals surface area contributed by atoms with E-state index in [1.165, 1.54) is 11.1 Å². The van der Waals surface area contributed by atoms with Crippen LogP contribution >= 0.6 is 0 Å². The molecule has 0 N–H and O–H groups in total. The first kappa shape index (κ1) is 22.7. The van der Waals surface area contributed by atoms with E-state index >= 15 is 0 Å². The van der Waals surface area contributed by atoms with Crippen molar-refractivity contribution < 1.29 is 23.7 Å². The van der Waals surface area contributed by atoms with Crippen LogP contribution < -0.4 is 9.47 Å². The fourth-order valence-corrected chi connectivity index (χ4v) is 3.89. The highest BCUT2D eigenvalue weighted by molar-refractivity contribution is 5.67. The van der Waals surface area contributed by atoms with Gasteiger partial charge in [-0.3, -0.25) is 9.80 Å². The van der Waals surface area contributed by atoms with Crippen molar-refractivity contribution in [2.75, 3.05) is 65.7 Å². The Morgan fingerprint density at radius 2 is 1.03 bits per heavy atom. The van der Waals surface area contributed by atoms with Crippen molar-refractivity contribution in [3.63, 3.8) is 0 Å². The van der Waals surface area contributed by atoms with Gasteiger partial charge in [0.1, 0.15) is 11.5 Å². The zero-order valence-electron chi connectivity index (χ0n) is 18.5. The van der Waals surface area contributed by atoms with E-state index in [4.69, 9.17) is 18.9 Å². The minimum atomic E-state index is -0.730. The second-order valence-electron chi connectivity index (χ2n) is 8.15. The van der Waals surface area contributed by atoms with Crippen LogP contribution in [0, 0.1) is 0 Å². The lowest BCUT2D eigenvalue weighted by Gasteiger charge is -2.26. The minimum Gasteiger partial charge on any atom is -0.395 e. The second kappa shape index (κ2) is 12.0. The summed E-state index contributed by atoms with van der Waals surface area (Å²) in [5.74, 6) is 0.958. The van der Waals surface area contributed by atoms with Crippen LogP contribution in [0.25, 0.3) is 0 Å². The number of morpholine rings is 2. The van der Waals surface area contributed by atoms with Crippen LogP contribution in [0.15, 0.2) is 48.5 Å². The minimum absolute atomic E-state index is 0.479. The van der Waals surface area contributed by atoms with Gasteiger partial charge in [0.05, 0.1) is 26.4 Å². The van der Waals surface area contributed by atoms with Gasteiger partial charge >= 0.3 is 6.16 Å².